The van der Waals surface area contributed by atoms with E-state index in [9.17, 15) is 4.79 Å². The van der Waals surface area contributed by atoms with Crippen molar-refractivity contribution in [2.45, 2.75) is 13.8 Å². The standard InChI is InChI=1S/C20H27N3O/c1-4-23(19-12-8-9-17(2)15-19)14-13-21-20(24)16-22(3)18-10-6-5-7-11-18/h5-12,15H,4,13-14,16H2,1-3H3,(H,21,24). The van der Waals surface area contributed by atoms with E-state index in [0.29, 0.717) is 13.1 Å². The van der Waals surface area contributed by atoms with Crippen LogP contribution in [-0.4, -0.2) is 39.1 Å². The maximum absolute atomic E-state index is 12.1. The summed E-state index contributed by atoms with van der Waals surface area (Å²) >= 11 is 0. The van der Waals surface area contributed by atoms with Crippen molar-refractivity contribution in [3.63, 3.8) is 0 Å². The number of aryl methyl sites for hydroxylation is 1. The molecule has 0 atom stereocenters. The lowest BCUT2D eigenvalue weighted by molar-refractivity contribution is -0.119. The van der Waals surface area contributed by atoms with E-state index in [1.807, 2.05) is 42.3 Å². The molecule has 1 amide bonds. The third-order valence-corrected chi connectivity index (χ3v) is 4.03. The Hall–Kier alpha value is -2.49. The molecule has 4 heteroatoms. The van der Waals surface area contributed by atoms with Gasteiger partial charge in [-0.25, -0.2) is 0 Å². The molecule has 2 rings (SSSR count). The van der Waals surface area contributed by atoms with Crippen LogP contribution in [0, 0.1) is 6.92 Å². The highest BCUT2D eigenvalue weighted by atomic mass is 16.2. The van der Waals surface area contributed by atoms with E-state index >= 15 is 0 Å². The zero-order chi connectivity index (χ0) is 17.4. The Balaban J connectivity index is 1.79. The monoisotopic (exact) mass is 325 g/mol. The molecule has 2 aromatic rings. The predicted octanol–water partition coefficient (Wildman–Crippen LogP) is 3.07. The third kappa shape index (κ3) is 5.30. The molecule has 0 aromatic heterocycles. The molecule has 4 nitrogen and oxygen atoms in total. The maximum atomic E-state index is 12.1. The molecule has 2 aromatic carbocycles. The number of carbonyl (C=O) groups is 1. The molecule has 0 saturated heterocycles. The Morgan fingerprint density at radius 3 is 2.42 bits per heavy atom. The van der Waals surface area contributed by atoms with Crippen LogP contribution in [0.25, 0.3) is 0 Å². The maximum Gasteiger partial charge on any atom is 0.239 e. The first-order valence-corrected chi connectivity index (χ1v) is 8.44. The lowest BCUT2D eigenvalue weighted by Gasteiger charge is -2.24. The summed E-state index contributed by atoms with van der Waals surface area (Å²) in [5.41, 5.74) is 3.50. The molecular weight excluding hydrogens is 298 g/mol. The number of hydrogen-bond acceptors (Lipinski definition) is 3. The van der Waals surface area contributed by atoms with Crippen LogP contribution in [0.5, 0.6) is 0 Å². The smallest absolute Gasteiger partial charge is 0.239 e. The van der Waals surface area contributed by atoms with Gasteiger partial charge >= 0.3 is 0 Å². The van der Waals surface area contributed by atoms with Crippen LogP contribution in [0.2, 0.25) is 0 Å². The van der Waals surface area contributed by atoms with E-state index in [0.717, 1.165) is 18.8 Å². The number of anilines is 2. The number of hydrogen-bond donors (Lipinski definition) is 1. The van der Waals surface area contributed by atoms with Gasteiger partial charge in [-0.05, 0) is 43.7 Å². The Bertz CT molecular complexity index is 642. The summed E-state index contributed by atoms with van der Waals surface area (Å²) in [7, 11) is 1.93. The van der Waals surface area contributed by atoms with E-state index in [1.54, 1.807) is 0 Å². The minimum atomic E-state index is 0.0432. The summed E-state index contributed by atoms with van der Waals surface area (Å²) in [4.78, 5) is 16.3. The number of benzene rings is 2. The van der Waals surface area contributed by atoms with Crippen LogP contribution in [0.3, 0.4) is 0 Å². The van der Waals surface area contributed by atoms with Gasteiger partial charge in [-0.2, -0.15) is 0 Å². The molecule has 0 aliphatic heterocycles. The van der Waals surface area contributed by atoms with E-state index in [2.05, 4.69) is 48.3 Å². The average Bonchev–Trinajstić information content (AvgIpc) is 2.59. The van der Waals surface area contributed by atoms with Crippen LogP contribution in [-0.2, 0) is 4.79 Å². The predicted molar refractivity (Wildman–Crippen MR) is 102 cm³/mol. The van der Waals surface area contributed by atoms with Gasteiger partial charge in [0.25, 0.3) is 0 Å². The molecule has 0 heterocycles. The van der Waals surface area contributed by atoms with Crippen molar-refractivity contribution in [2.75, 3.05) is 43.0 Å². The lowest BCUT2D eigenvalue weighted by Crippen LogP contribution is -2.39. The normalized spacial score (nSPS) is 10.3. The van der Waals surface area contributed by atoms with Crippen molar-refractivity contribution in [1.82, 2.24) is 5.32 Å². The summed E-state index contributed by atoms with van der Waals surface area (Å²) in [6.45, 7) is 6.96. The summed E-state index contributed by atoms with van der Waals surface area (Å²) < 4.78 is 0. The summed E-state index contributed by atoms with van der Waals surface area (Å²) in [6, 6.07) is 18.4. The molecule has 0 saturated carbocycles. The highest BCUT2D eigenvalue weighted by molar-refractivity contribution is 5.81. The van der Waals surface area contributed by atoms with Gasteiger partial charge < -0.3 is 15.1 Å². The third-order valence-electron chi connectivity index (χ3n) is 4.03. The largest absolute Gasteiger partial charge is 0.370 e. The van der Waals surface area contributed by atoms with Crippen molar-refractivity contribution in [1.29, 1.82) is 0 Å². The first-order valence-electron chi connectivity index (χ1n) is 8.44. The second-order valence-corrected chi connectivity index (χ2v) is 5.96. The average molecular weight is 325 g/mol. The number of carbonyl (C=O) groups excluding carboxylic acids is 1. The molecule has 1 N–H and O–H groups in total. The zero-order valence-electron chi connectivity index (χ0n) is 14.8. The lowest BCUT2D eigenvalue weighted by atomic mass is 10.2. The molecule has 0 aliphatic carbocycles. The zero-order valence-corrected chi connectivity index (χ0v) is 14.8. The molecule has 0 radical (unpaired) electrons. The van der Waals surface area contributed by atoms with E-state index < -0.39 is 0 Å². The number of amides is 1. The molecule has 0 spiro atoms. The van der Waals surface area contributed by atoms with Crippen molar-refractivity contribution < 1.29 is 4.79 Å². The van der Waals surface area contributed by atoms with Gasteiger partial charge in [0.1, 0.15) is 0 Å². The Morgan fingerprint density at radius 2 is 1.75 bits per heavy atom. The topological polar surface area (TPSA) is 35.6 Å². The molecule has 0 aliphatic rings. The van der Waals surface area contributed by atoms with Crippen LogP contribution in [0.4, 0.5) is 11.4 Å². The van der Waals surface area contributed by atoms with Gasteiger partial charge in [0.2, 0.25) is 5.91 Å². The number of para-hydroxylation sites is 1. The van der Waals surface area contributed by atoms with Gasteiger partial charge in [-0.15, -0.1) is 0 Å². The van der Waals surface area contributed by atoms with Gasteiger partial charge in [0.05, 0.1) is 6.54 Å². The fraction of sp³-hybridized carbons (Fsp3) is 0.350. The number of nitrogens with zero attached hydrogens (tertiary/aromatic N) is 2. The Labute approximate surface area is 145 Å². The minimum absolute atomic E-state index is 0.0432. The van der Waals surface area contributed by atoms with Gasteiger partial charge in [0.15, 0.2) is 0 Å². The van der Waals surface area contributed by atoms with Gasteiger partial charge in [-0.1, -0.05) is 30.3 Å². The van der Waals surface area contributed by atoms with Crippen LogP contribution < -0.4 is 15.1 Å². The number of rotatable bonds is 8. The van der Waals surface area contributed by atoms with Crippen LogP contribution >= 0.6 is 0 Å². The number of nitrogens with one attached hydrogen (secondary N) is 1. The molecule has 0 bridgehead atoms. The van der Waals surface area contributed by atoms with E-state index in [4.69, 9.17) is 0 Å². The minimum Gasteiger partial charge on any atom is -0.370 e. The van der Waals surface area contributed by atoms with Crippen LogP contribution in [0.15, 0.2) is 54.6 Å². The van der Waals surface area contributed by atoms with Crippen molar-refractivity contribution in [3.05, 3.63) is 60.2 Å². The fourth-order valence-electron chi connectivity index (χ4n) is 2.67. The second kappa shape index (κ2) is 8.96. The van der Waals surface area contributed by atoms with Crippen LogP contribution in [0.1, 0.15) is 12.5 Å². The van der Waals surface area contributed by atoms with E-state index in [1.165, 1.54) is 11.3 Å². The summed E-state index contributed by atoms with van der Waals surface area (Å²) in [5, 5.41) is 3.01. The first-order chi connectivity index (χ1) is 11.6. The molecule has 0 fully saturated rings. The van der Waals surface area contributed by atoms with Crippen molar-refractivity contribution in [2.24, 2.45) is 0 Å². The van der Waals surface area contributed by atoms with Crippen molar-refractivity contribution in [3.8, 4) is 0 Å². The SMILES string of the molecule is CCN(CCNC(=O)CN(C)c1ccccc1)c1cccc(C)c1. The summed E-state index contributed by atoms with van der Waals surface area (Å²) in [6.07, 6.45) is 0. The number of likely N-dealkylation sites (N-methyl/N-ethyl adjacent to an activating group) is 2. The molecule has 128 valence electrons. The summed E-state index contributed by atoms with van der Waals surface area (Å²) in [5.74, 6) is 0.0432. The molecule has 24 heavy (non-hydrogen) atoms. The van der Waals surface area contributed by atoms with Gasteiger partial charge in [-0.3, -0.25) is 4.79 Å². The highest BCUT2D eigenvalue weighted by Crippen LogP contribution is 2.15. The fourth-order valence-corrected chi connectivity index (χ4v) is 2.67. The second-order valence-electron chi connectivity index (χ2n) is 5.96. The quantitative estimate of drug-likeness (QED) is 0.810. The Kier molecular flexibility index (Phi) is 6.67. The first kappa shape index (κ1) is 17.9. The molecular formula is C20H27N3O. The Morgan fingerprint density at radius 1 is 1.04 bits per heavy atom. The van der Waals surface area contributed by atoms with Crippen molar-refractivity contribution >= 4 is 17.3 Å². The van der Waals surface area contributed by atoms with Gasteiger partial charge in [0, 0.05) is 38.1 Å². The highest BCUT2D eigenvalue weighted by Gasteiger charge is 2.08. The van der Waals surface area contributed by atoms with E-state index in [-0.39, 0.29) is 5.91 Å². The molecule has 0 unspecified atom stereocenters.